The van der Waals surface area contributed by atoms with Crippen molar-refractivity contribution in [1.29, 1.82) is 0 Å². The van der Waals surface area contributed by atoms with Crippen LogP contribution < -0.4 is 10.6 Å². The van der Waals surface area contributed by atoms with Crippen molar-refractivity contribution in [2.75, 3.05) is 19.7 Å². The summed E-state index contributed by atoms with van der Waals surface area (Å²) in [5, 5.41) is 5.47. The number of benzene rings is 1. The number of rotatable bonds is 11. The van der Waals surface area contributed by atoms with Crippen molar-refractivity contribution in [3.05, 3.63) is 35.9 Å². The van der Waals surface area contributed by atoms with Gasteiger partial charge >= 0.3 is 18.2 Å². The van der Waals surface area contributed by atoms with Crippen molar-refractivity contribution in [3.8, 4) is 0 Å². The second-order valence-electron chi connectivity index (χ2n) is 10.1. The molecule has 1 heterocycles. The third kappa shape index (κ3) is 12.0. The molecule has 1 aromatic rings. The molecule has 10 heteroatoms. The lowest BCUT2D eigenvalue weighted by atomic mass is 10.0. The number of hydrogen-bond acceptors (Lipinski definition) is 7. The smallest absolute Gasteiger partial charge is 0.408 e. The number of hydrogen-bond donors (Lipinski definition) is 2. The zero-order valence-electron chi connectivity index (χ0n) is 22.4. The highest BCUT2D eigenvalue weighted by molar-refractivity contribution is 5.86. The fraction of sp³-hybridized carbons (Fsp3) is 0.630. The first kappa shape index (κ1) is 29.9. The van der Waals surface area contributed by atoms with Gasteiger partial charge in [-0.3, -0.25) is 9.59 Å². The summed E-state index contributed by atoms with van der Waals surface area (Å²) < 4.78 is 15.8. The lowest BCUT2D eigenvalue weighted by Crippen LogP contribution is -2.53. The molecule has 2 rings (SSSR count). The van der Waals surface area contributed by atoms with Crippen molar-refractivity contribution in [2.24, 2.45) is 0 Å². The van der Waals surface area contributed by atoms with E-state index < -0.39 is 29.8 Å². The predicted molar refractivity (Wildman–Crippen MR) is 138 cm³/mol. The number of esters is 1. The van der Waals surface area contributed by atoms with Gasteiger partial charge in [-0.25, -0.2) is 9.59 Å². The van der Waals surface area contributed by atoms with Crippen molar-refractivity contribution >= 4 is 24.1 Å². The minimum Gasteiger partial charge on any atom is -0.460 e. The van der Waals surface area contributed by atoms with E-state index in [0.717, 1.165) is 18.4 Å². The van der Waals surface area contributed by atoms with Crippen LogP contribution in [-0.2, 0) is 30.4 Å². The number of carbonyl (C=O) groups excluding carboxylic acids is 4. The lowest BCUT2D eigenvalue weighted by Gasteiger charge is -2.34. The molecule has 37 heavy (non-hydrogen) atoms. The molecule has 0 unspecified atom stereocenters. The van der Waals surface area contributed by atoms with Gasteiger partial charge in [0.05, 0.1) is 6.61 Å². The fourth-order valence-electron chi connectivity index (χ4n) is 3.80. The van der Waals surface area contributed by atoms with Gasteiger partial charge in [0.15, 0.2) is 0 Å². The Hall–Kier alpha value is -3.30. The number of amides is 3. The maximum Gasteiger partial charge on any atom is 0.408 e. The number of likely N-dealkylation sites (tertiary alicyclic amines) is 1. The molecule has 0 saturated carbocycles. The van der Waals surface area contributed by atoms with Crippen LogP contribution in [0.15, 0.2) is 30.3 Å². The molecule has 1 aromatic carbocycles. The van der Waals surface area contributed by atoms with E-state index in [2.05, 4.69) is 10.6 Å². The minimum absolute atomic E-state index is 0.0335. The van der Waals surface area contributed by atoms with Crippen LogP contribution in [0.2, 0.25) is 0 Å². The Balaban J connectivity index is 1.92. The first-order valence-corrected chi connectivity index (χ1v) is 13.0. The van der Waals surface area contributed by atoms with Gasteiger partial charge in [0.2, 0.25) is 5.91 Å². The Morgan fingerprint density at radius 3 is 2.32 bits per heavy atom. The summed E-state index contributed by atoms with van der Waals surface area (Å²) in [5.41, 5.74) is 0.169. The van der Waals surface area contributed by atoms with E-state index in [4.69, 9.17) is 14.2 Å². The maximum absolute atomic E-state index is 13.3. The Kier molecular flexibility index (Phi) is 12.2. The van der Waals surface area contributed by atoms with E-state index >= 15 is 0 Å². The van der Waals surface area contributed by atoms with Gasteiger partial charge in [0.25, 0.3) is 0 Å². The molecule has 1 aliphatic rings. The van der Waals surface area contributed by atoms with Crippen LogP contribution in [0.4, 0.5) is 9.59 Å². The highest BCUT2D eigenvalue weighted by atomic mass is 16.6. The largest absolute Gasteiger partial charge is 0.460 e. The van der Waals surface area contributed by atoms with Gasteiger partial charge in [0.1, 0.15) is 18.2 Å². The summed E-state index contributed by atoms with van der Waals surface area (Å²) >= 11 is 0. The van der Waals surface area contributed by atoms with Crippen molar-refractivity contribution in [2.45, 2.75) is 90.5 Å². The van der Waals surface area contributed by atoms with Gasteiger partial charge in [-0.15, -0.1) is 0 Å². The Morgan fingerprint density at radius 1 is 1.03 bits per heavy atom. The van der Waals surface area contributed by atoms with E-state index in [1.807, 2.05) is 37.3 Å². The van der Waals surface area contributed by atoms with Gasteiger partial charge in [-0.1, -0.05) is 43.7 Å². The summed E-state index contributed by atoms with van der Waals surface area (Å²) in [6.45, 7) is 8.58. The standard InChI is InChI=1S/C27H41N3O7/c1-5-6-18-35-25(33)28-21-14-16-30(17-15-21)24(32)22(12-13-23(31)37-27(2,3)4)29-26(34)36-19-20-10-8-7-9-11-20/h7-11,21-22H,5-6,12-19H2,1-4H3,(H,28,33)(H,29,34)/t22-/m0/s1. The number of ether oxygens (including phenoxy) is 3. The van der Waals surface area contributed by atoms with Crippen LogP contribution in [0.5, 0.6) is 0 Å². The van der Waals surface area contributed by atoms with E-state index in [1.165, 1.54) is 0 Å². The van der Waals surface area contributed by atoms with Crippen LogP contribution in [0.25, 0.3) is 0 Å². The Bertz CT molecular complexity index is 878. The van der Waals surface area contributed by atoms with Crippen LogP contribution >= 0.6 is 0 Å². The zero-order chi connectivity index (χ0) is 27.3. The number of nitrogens with zero attached hydrogens (tertiary/aromatic N) is 1. The van der Waals surface area contributed by atoms with E-state index in [0.29, 0.717) is 32.5 Å². The maximum atomic E-state index is 13.3. The molecule has 1 saturated heterocycles. The normalized spacial score (nSPS) is 14.9. The zero-order valence-corrected chi connectivity index (χ0v) is 22.4. The van der Waals surface area contributed by atoms with Crippen molar-refractivity contribution in [3.63, 3.8) is 0 Å². The molecule has 3 amide bonds. The Labute approximate surface area is 219 Å². The molecule has 0 spiro atoms. The van der Waals surface area contributed by atoms with E-state index in [9.17, 15) is 19.2 Å². The van der Waals surface area contributed by atoms with Gasteiger partial charge in [-0.2, -0.15) is 0 Å². The molecule has 0 radical (unpaired) electrons. The lowest BCUT2D eigenvalue weighted by molar-refractivity contribution is -0.155. The Morgan fingerprint density at radius 2 is 1.70 bits per heavy atom. The molecule has 1 atom stereocenters. The summed E-state index contributed by atoms with van der Waals surface area (Å²) in [6.07, 6.45) is 1.74. The number of piperidine rings is 1. The number of nitrogens with one attached hydrogen (secondary N) is 2. The first-order valence-electron chi connectivity index (χ1n) is 13.0. The quantitative estimate of drug-likeness (QED) is 0.258. The summed E-state index contributed by atoms with van der Waals surface area (Å²) in [7, 11) is 0. The minimum atomic E-state index is -0.945. The average Bonchev–Trinajstić information content (AvgIpc) is 2.85. The van der Waals surface area contributed by atoms with Crippen molar-refractivity contribution in [1.82, 2.24) is 15.5 Å². The third-order valence-electron chi connectivity index (χ3n) is 5.72. The first-order chi connectivity index (χ1) is 17.6. The number of carbonyl (C=O) groups is 4. The number of unbranched alkanes of at least 4 members (excludes halogenated alkanes) is 1. The van der Waals surface area contributed by atoms with Gasteiger partial charge in [-0.05, 0) is 52.0 Å². The summed E-state index contributed by atoms with van der Waals surface area (Å²) in [4.78, 5) is 51.6. The van der Waals surface area contributed by atoms with E-state index in [-0.39, 0.29) is 31.4 Å². The summed E-state index contributed by atoms with van der Waals surface area (Å²) in [6, 6.07) is 8.16. The molecule has 1 fully saturated rings. The van der Waals surface area contributed by atoms with Crippen LogP contribution in [-0.4, -0.2) is 66.3 Å². The fourth-order valence-corrected chi connectivity index (χ4v) is 3.80. The highest BCUT2D eigenvalue weighted by Gasteiger charge is 2.31. The average molecular weight is 520 g/mol. The molecule has 2 N–H and O–H groups in total. The van der Waals surface area contributed by atoms with Gasteiger partial charge < -0.3 is 29.7 Å². The molecular weight excluding hydrogens is 478 g/mol. The molecule has 0 bridgehead atoms. The topological polar surface area (TPSA) is 123 Å². The summed E-state index contributed by atoms with van der Waals surface area (Å²) in [5.74, 6) is -0.751. The van der Waals surface area contributed by atoms with E-state index in [1.54, 1.807) is 25.7 Å². The molecule has 0 aliphatic carbocycles. The van der Waals surface area contributed by atoms with Gasteiger partial charge in [0, 0.05) is 25.6 Å². The third-order valence-corrected chi connectivity index (χ3v) is 5.72. The molecule has 0 aromatic heterocycles. The second-order valence-corrected chi connectivity index (χ2v) is 10.1. The molecular formula is C27H41N3O7. The second kappa shape index (κ2) is 15.1. The molecule has 206 valence electrons. The number of alkyl carbamates (subject to hydrolysis) is 2. The van der Waals surface area contributed by atoms with Crippen LogP contribution in [0, 0.1) is 0 Å². The van der Waals surface area contributed by atoms with Crippen molar-refractivity contribution < 1.29 is 33.4 Å². The predicted octanol–water partition coefficient (Wildman–Crippen LogP) is 3.92. The molecule has 1 aliphatic heterocycles. The highest BCUT2D eigenvalue weighted by Crippen LogP contribution is 2.15. The monoisotopic (exact) mass is 519 g/mol. The van der Waals surface area contributed by atoms with Crippen LogP contribution in [0.3, 0.4) is 0 Å². The molecule has 10 nitrogen and oxygen atoms in total. The van der Waals surface area contributed by atoms with Crippen LogP contribution in [0.1, 0.15) is 71.8 Å². The SMILES string of the molecule is CCCCOC(=O)NC1CCN(C(=O)[C@H](CCC(=O)OC(C)(C)C)NC(=O)OCc2ccccc2)CC1.